The van der Waals surface area contributed by atoms with Crippen molar-refractivity contribution in [1.82, 2.24) is 0 Å². The van der Waals surface area contributed by atoms with Crippen LogP contribution in [-0.4, -0.2) is 51.0 Å². The topological polar surface area (TPSA) is 116 Å². The molecule has 10 heteroatoms. The molecule has 0 saturated heterocycles. The Balaban J connectivity index is 1.87. The van der Waals surface area contributed by atoms with Crippen molar-refractivity contribution in [2.24, 2.45) is 0 Å². The fourth-order valence-electron chi connectivity index (χ4n) is 2.44. The first-order valence-corrected chi connectivity index (χ1v) is 12.2. The number of benzene rings is 2. The molecule has 0 bridgehead atoms. The number of nitrogens with zero attached hydrogens (tertiary/aromatic N) is 1. The van der Waals surface area contributed by atoms with Crippen molar-refractivity contribution in [3.05, 3.63) is 42.5 Å². The molecular weight excluding hydrogens is 411 g/mol. The van der Waals surface area contributed by atoms with Gasteiger partial charge < -0.3 is 0 Å². The van der Waals surface area contributed by atoms with E-state index in [0.29, 0.717) is 24.6 Å². The summed E-state index contributed by atoms with van der Waals surface area (Å²) >= 11 is -4.99. The van der Waals surface area contributed by atoms with Crippen molar-refractivity contribution < 1.29 is 25.1 Å². The van der Waals surface area contributed by atoms with Gasteiger partial charge in [0.15, 0.2) is 0 Å². The monoisotopic (exact) mass is 428 g/mol. The molecule has 3 N–H and O–H groups in total. The Labute approximate surface area is 148 Å². The molecule has 0 saturated carbocycles. The van der Waals surface area contributed by atoms with Crippen LogP contribution in [0.4, 0.5) is 11.4 Å². The van der Waals surface area contributed by atoms with Crippen LogP contribution in [0.5, 0.6) is 5.75 Å². The van der Waals surface area contributed by atoms with Gasteiger partial charge in [0.05, 0.1) is 0 Å². The SMILES string of the molecule is CN1CCOc2ccc(S(=O)(=O)Nc3ccc([As](=O)(O)O)cc3)cc21. The number of likely N-dealkylation sites (N-methyl/N-ethyl adjacent to an activating group) is 1. The number of hydrogen-bond acceptors (Lipinski definition) is 5. The quantitative estimate of drug-likeness (QED) is 0.582. The van der Waals surface area contributed by atoms with Crippen LogP contribution in [0.25, 0.3) is 0 Å². The van der Waals surface area contributed by atoms with E-state index in [1.54, 1.807) is 6.07 Å². The van der Waals surface area contributed by atoms with Crippen molar-refractivity contribution in [2.45, 2.75) is 4.90 Å². The summed E-state index contributed by atoms with van der Waals surface area (Å²) < 4.78 is 62.4. The second-order valence-electron chi connectivity index (χ2n) is 5.60. The standard InChI is InChI=1S/C15H17AsN2O6S/c1-18-8-9-24-15-7-6-13(10-14(15)18)25(22,23)17-12-4-2-11(3-5-12)16(19,20)21/h2-7,10,17H,8-9H2,1H3,(H2,19,20,21). The van der Waals surface area contributed by atoms with Gasteiger partial charge in [-0.3, -0.25) is 0 Å². The molecule has 0 amide bonds. The molecular formula is C15H17AsN2O6S. The molecule has 1 heterocycles. The minimum atomic E-state index is -4.99. The number of ether oxygens (including phenoxy) is 1. The third-order valence-corrected chi connectivity index (χ3v) is 7.21. The Bertz CT molecular complexity index is 939. The molecule has 1 aliphatic heterocycles. The van der Waals surface area contributed by atoms with Gasteiger partial charge >= 0.3 is 148 Å². The average molecular weight is 428 g/mol. The van der Waals surface area contributed by atoms with E-state index in [4.69, 9.17) is 12.9 Å². The molecule has 0 fully saturated rings. The zero-order valence-electron chi connectivity index (χ0n) is 13.3. The molecule has 2 aromatic rings. The first-order valence-electron chi connectivity index (χ1n) is 7.34. The predicted molar refractivity (Wildman–Crippen MR) is 93.0 cm³/mol. The molecule has 0 radical (unpaired) electrons. The minimum absolute atomic E-state index is 0.0757. The molecule has 3 rings (SSSR count). The van der Waals surface area contributed by atoms with Gasteiger partial charge in [-0.2, -0.15) is 0 Å². The third kappa shape index (κ3) is 3.85. The maximum atomic E-state index is 12.6. The molecule has 0 atom stereocenters. The van der Waals surface area contributed by atoms with Crippen molar-refractivity contribution in [2.75, 3.05) is 29.8 Å². The van der Waals surface area contributed by atoms with Gasteiger partial charge in [-0.25, -0.2) is 0 Å². The van der Waals surface area contributed by atoms with Gasteiger partial charge in [-0.1, -0.05) is 0 Å². The molecule has 0 aromatic heterocycles. The molecule has 2 aromatic carbocycles. The third-order valence-electron chi connectivity index (χ3n) is 3.79. The summed E-state index contributed by atoms with van der Waals surface area (Å²) in [5, 5.41) is 0. The van der Waals surface area contributed by atoms with Crippen molar-refractivity contribution in [3.63, 3.8) is 0 Å². The molecule has 134 valence electrons. The first kappa shape index (κ1) is 17.9. The summed E-state index contributed by atoms with van der Waals surface area (Å²) in [6.45, 7) is 1.21. The zero-order chi connectivity index (χ0) is 18.2. The van der Waals surface area contributed by atoms with Crippen molar-refractivity contribution in [3.8, 4) is 5.75 Å². The Morgan fingerprint density at radius 3 is 2.48 bits per heavy atom. The Morgan fingerprint density at radius 1 is 1.16 bits per heavy atom. The van der Waals surface area contributed by atoms with Gasteiger partial charge in [0.1, 0.15) is 0 Å². The number of sulfonamides is 1. The molecule has 1 aliphatic rings. The van der Waals surface area contributed by atoms with Crippen LogP contribution in [0.15, 0.2) is 47.4 Å². The maximum absolute atomic E-state index is 12.6. The molecule has 0 aliphatic carbocycles. The predicted octanol–water partition coefficient (Wildman–Crippen LogP) is -0.123. The molecule has 0 spiro atoms. The molecule has 8 nitrogen and oxygen atoms in total. The second kappa shape index (κ2) is 6.42. The summed E-state index contributed by atoms with van der Waals surface area (Å²) in [6.07, 6.45) is 0. The van der Waals surface area contributed by atoms with Crippen LogP contribution < -0.4 is 18.7 Å². The second-order valence-corrected chi connectivity index (χ2v) is 10.6. The van der Waals surface area contributed by atoms with E-state index in [9.17, 15) is 12.2 Å². The van der Waals surface area contributed by atoms with Crippen LogP contribution >= 0.6 is 0 Å². The van der Waals surface area contributed by atoms with Gasteiger partial charge in [0.25, 0.3) is 0 Å². The Morgan fingerprint density at radius 2 is 1.84 bits per heavy atom. The number of fused-ring (bicyclic) bond motifs is 1. The van der Waals surface area contributed by atoms with Crippen molar-refractivity contribution >= 4 is 39.9 Å². The van der Waals surface area contributed by atoms with Crippen molar-refractivity contribution in [1.29, 1.82) is 0 Å². The van der Waals surface area contributed by atoms with Crippen LogP contribution in [0.1, 0.15) is 0 Å². The van der Waals surface area contributed by atoms with E-state index in [1.165, 1.54) is 36.4 Å². The first-order chi connectivity index (χ1) is 11.7. The van der Waals surface area contributed by atoms with Crippen LogP contribution in [0.2, 0.25) is 0 Å². The zero-order valence-corrected chi connectivity index (χ0v) is 16.0. The van der Waals surface area contributed by atoms with Gasteiger partial charge in [0, 0.05) is 0 Å². The average Bonchev–Trinajstić information content (AvgIpc) is 2.54. The Hall–Kier alpha value is -1.93. The number of rotatable bonds is 4. The summed E-state index contributed by atoms with van der Waals surface area (Å²) in [4.78, 5) is 1.99. The summed E-state index contributed by atoms with van der Waals surface area (Å²) in [5.41, 5.74) is 0.906. The van der Waals surface area contributed by atoms with Gasteiger partial charge in [0.2, 0.25) is 0 Å². The van der Waals surface area contributed by atoms with E-state index in [2.05, 4.69) is 4.72 Å². The Kier molecular flexibility index (Phi) is 4.59. The van der Waals surface area contributed by atoms with E-state index >= 15 is 0 Å². The van der Waals surface area contributed by atoms with Crippen LogP contribution in [-0.2, 0) is 13.8 Å². The fourth-order valence-corrected chi connectivity index (χ4v) is 4.64. The number of nitrogens with one attached hydrogen (secondary N) is 1. The van der Waals surface area contributed by atoms with Gasteiger partial charge in [-0.05, 0) is 0 Å². The number of hydrogen-bond donors (Lipinski definition) is 3. The molecule has 25 heavy (non-hydrogen) atoms. The summed E-state index contributed by atoms with van der Waals surface area (Å²) in [7, 11) is -1.99. The molecule has 0 unspecified atom stereocenters. The number of anilines is 2. The van der Waals surface area contributed by atoms with E-state index in [-0.39, 0.29) is 14.9 Å². The summed E-state index contributed by atoms with van der Waals surface area (Å²) in [6, 6.07) is 9.66. The van der Waals surface area contributed by atoms with Crippen LogP contribution in [0.3, 0.4) is 0 Å². The van der Waals surface area contributed by atoms with E-state index in [1.807, 2.05) is 11.9 Å². The summed E-state index contributed by atoms with van der Waals surface area (Å²) in [5.74, 6) is 0.626. The van der Waals surface area contributed by atoms with Gasteiger partial charge in [-0.15, -0.1) is 0 Å². The van der Waals surface area contributed by atoms with Crippen LogP contribution in [0, 0.1) is 0 Å². The normalized spacial score (nSPS) is 14.6. The van der Waals surface area contributed by atoms with E-state index in [0.717, 1.165) is 0 Å². The fraction of sp³-hybridized carbons (Fsp3) is 0.200. The van der Waals surface area contributed by atoms with E-state index < -0.39 is 24.2 Å².